The summed E-state index contributed by atoms with van der Waals surface area (Å²) in [5, 5.41) is 0. The molecule has 37 heavy (non-hydrogen) atoms. The van der Waals surface area contributed by atoms with Crippen molar-refractivity contribution in [3.8, 4) is 22.6 Å². The van der Waals surface area contributed by atoms with Gasteiger partial charge in [0.05, 0.1) is 21.8 Å². The zero-order chi connectivity index (χ0) is 26.3. The third-order valence-electron chi connectivity index (χ3n) is 7.53. The van der Waals surface area contributed by atoms with Crippen LogP contribution in [-0.2, 0) is 23.4 Å². The van der Waals surface area contributed by atoms with E-state index in [2.05, 4.69) is 58.8 Å². The number of imidazole rings is 1. The molecule has 0 spiro atoms. The van der Waals surface area contributed by atoms with Crippen molar-refractivity contribution in [3.63, 3.8) is 0 Å². The van der Waals surface area contributed by atoms with Crippen molar-refractivity contribution in [2.24, 2.45) is 7.05 Å². The predicted octanol–water partition coefficient (Wildman–Crippen LogP) is 4.54. The molecule has 2 aromatic carbocycles. The largest absolute Gasteiger partial charge is 0.327 e. The molecule has 194 valence electrons. The van der Waals surface area contributed by atoms with Gasteiger partial charge in [-0.3, -0.25) is 9.88 Å². The van der Waals surface area contributed by atoms with Crippen LogP contribution in [-0.4, -0.2) is 72.2 Å². The SMILES string of the molecule is Cc1nc(-c2ccc(CN3CCC(N(C)C)CC3)cc2)cc2c1nc(-c1ccc(S(C)(=O)=O)cc1)n2C. The average Bonchev–Trinajstić information content (AvgIpc) is 3.21. The molecule has 8 heteroatoms. The van der Waals surface area contributed by atoms with Crippen molar-refractivity contribution in [3.05, 3.63) is 65.9 Å². The molecule has 0 saturated carbocycles. The van der Waals surface area contributed by atoms with Crippen LogP contribution in [0.3, 0.4) is 0 Å². The Labute approximate surface area is 219 Å². The van der Waals surface area contributed by atoms with E-state index >= 15 is 0 Å². The fourth-order valence-electron chi connectivity index (χ4n) is 5.23. The zero-order valence-corrected chi connectivity index (χ0v) is 23.1. The molecule has 0 aliphatic carbocycles. The summed E-state index contributed by atoms with van der Waals surface area (Å²) >= 11 is 0. The van der Waals surface area contributed by atoms with Crippen molar-refractivity contribution in [1.29, 1.82) is 0 Å². The van der Waals surface area contributed by atoms with Gasteiger partial charge in [-0.2, -0.15) is 0 Å². The van der Waals surface area contributed by atoms with Crippen molar-refractivity contribution in [2.75, 3.05) is 33.4 Å². The highest BCUT2D eigenvalue weighted by Gasteiger charge is 2.21. The van der Waals surface area contributed by atoms with Crippen LogP contribution in [0.5, 0.6) is 0 Å². The summed E-state index contributed by atoms with van der Waals surface area (Å²) in [5.74, 6) is 0.783. The summed E-state index contributed by atoms with van der Waals surface area (Å²) in [6, 6.07) is 18.4. The van der Waals surface area contributed by atoms with E-state index in [0.717, 1.165) is 59.0 Å². The Hall–Kier alpha value is -3.07. The standard InChI is InChI=1S/C29H35N5O2S/c1-20-28-27(33(4)29(31-28)23-10-12-25(13-11-23)37(5,35)36)18-26(30-20)22-8-6-21(7-9-22)19-34-16-14-24(15-17-34)32(2)3/h6-13,18,24H,14-17,19H2,1-5H3. The van der Waals surface area contributed by atoms with E-state index in [1.54, 1.807) is 12.1 Å². The summed E-state index contributed by atoms with van der Waals surface area (Å²) in [6.07, 6.45) is 3.67. The first kappa shape index (κ1) is 25.6. The number of benzene rings is 2. The minimum Gasteiger partial charge on any atom is -0.327 e. The number of nitrogens with zero attached hydrogens (tertiary/aromatic N) is 5. The fraction of sp³-hybridized carbons (Fsp3) is 0.379. The van der Waals surface area contributed by atoms with Gasteiger partial charge in [-0.1, -0.05) is 24.3 Å². The molecule has 0 bridgehead atoms. The molecule has 1 fully saturated rings. The van der Waals surface area contributed by atoms with Crippen LogP contribution in [0.4, 0.5) is 0 Å². The zero-order valence-electron chi connectivity index (χ0n) is 22.3. The van der Waals surface area contributed by atoms with Gasteiger partial charge in [-0.05, 0) is 82.8 Å². The first-order valence-corrected chi connectivity index (χ1v) is 14.6. The lowest BCUT2D eigenvalue weighted by atomic mass is 10.0. The summed E-state index contributed by atoms with van der Waals surface area (Å²) in [7, 11) is 3.10. The number of aromatic nitrogens is 3. The maximum atomic E-state index is 11.8. The van der Waals surface area contributed by atoms with Gasteiger partial charge in [0, 0.05) is 37.0 Å². The number of aryl methyl sites for hydroxylation is 2. The van der Waals surface area contributed by atoms with Crippen LogP contribution >= 0.6 is 0 Å². The molecule has 0 radical (unpaired) electrons. The molecule has 0 unspecified atom stereocenters. The van der Waals surface area contributed by atoms with Gasteiger partial charge < -0.3 is 9.47 Å². The van der Waals surface area contributed by atoms with Gasteiger partial charge in [-0.25, -0.2) is 13.4 Å². The molecule has 0 atom stereocenters. The Bertz CT molecular complexity index is 1520. The molecule has 4 aromatic rings. The monoisotopic (exact) mass is 517 g/mol. The number of rotatable bonds is 6. The van der Waals surface area contributed by atoms with Gasteiger partial charge in [-0.15, -0.1) is 0 Å². The smallest absolute Gasteiger partial charge is 0.175 e. The lowest BCUT2D eigenvalue weighted by Gasteiger charge is -2.35. The number of hydrogen-bond donors (Lipinski definition) is 0. The van der Waals surface area contributed by atoms with Gasteiger partial charge in [0.2, 0.25) is 0 Å². The van der Waals surface area contributed by atoms with E-state index in [1.807, 2.05) is 26.1 Å². The van der Waals surface area contributed by atoms with Gasteiger partial charge in [0.15, 0.2) is 9.84 Å². The Morgan fingerprint density at radius 3 is 2.16 bits per heavy atom. The molecule has 1 aliphatic rings. The molecular formula is C29H35N5O2S. The molecule has 7 nitrogen and oxygen atoms in total. The number of fused-ring (bicyclic) bond motifs is 1. The van der Waals surface area contributed by atoms with Crippen LogP contribution in [0, 0.1) is 6.92 Å². The lowest BCUT2D eigenvalue weighted by molar-refractivity contribution is 0.140. The quantitative estimate of drug-likeness (QED) is 0.374. The third-order valence-corrected chi connectivity index (χ3v) is 8.66. The van der Waals surface area contributed by atoms with Crippen molar-refractivity contribution < 1.29 is 8.42 Å². The second kappa shape index (κ2) is 10.0. The number of likely N-dealkylation sites (tertiary alicyclic amines) is 1. The van der Waals surface area contributed by atoms with Gasteiger partial charge in [0.25, 0.3) is 0 Å². The summed E-state index contributed by atoms with van der Waals surface area (Å²) in [6.45, 7) is 5.25. The van der Waals surface area contributed by atoms with E-state index in [4.69, 9.17) is 9.97 Å². The highest BCUT2D eigenvalue weighted by atomic mass is 32.2. The Balaban J connectivity index is 1.37. The molecule has 0 amide bonds. The highest BCUT2D eigenvalue weighted by Crippen LogP contribution is 2.29. The van der Waals surface area contributed by atoms with Gasteiger partial charge >= 0.3 is 0 Å². The van der Waals surface area contributed by atoms with E-state index in [1.165, 1.54) is 24.7 Å². The molecule has 5 rings (SSSR count). The summed E-state index contributed by atoms with van der Waals surface area (Å²) < 4.78 is 25.7. The fourth-order valence-corrected chi connectivity index (χ4v) is 5.86. The van der Waals surface area contributed by atoms with Crippen LogP contribution in [0.2, 0.25) is 0 Å². The Morgan fingerprint density at radius 2 is 1.57 bits per heavy atom. The Morgan fingerprint density at radius 1 is 0.946 bits per heavy atom. The number of piperidine rings is 1. The van der Waals surface area contributed by atoms with E-state index in [9.17, 15) is 8.42 Å². The summed E-state index contributed by atoms with van der Waals surface area (Å²) in [5.41, 5.74) is 6.92. The lowest BCUT2D eigenvalue weighted by Crippen LogP contribution is -2.41. The van der Waals surface area contributed by atoms with Crippen LogP contribution in [0.15, 0.2) is 59.5 Å². The first-order valence-electron chi connectivity index (χ1n) is 12.7. The molecule has 1 aliphatic heterocycles. The topological polar surface area (TPSA) is 71.3 Å². The normalized spacial score (nSPS) is 15.6. The second-order valence-electron chi connectivity index (χ2n) is 10.4. The maximum absolute atomic E-state index is 11.8. The molecule has 0 N–H and O–H groups in total. The predicted molar refractivity (Wildman–Crippen MR) is 149 cm³/mol. The maximum Gasteiger partial charge on any atom is 0.175 e. The van der Waals surface area contributed by atoms with E-state index in [-0.39, 0.29) is 0 Å². The molecular weight excluding hydrogens is 482 g/mol. The Kier molecular flexibility index (Phi) is 6.91. The number of sulfone groups is 1. The average molecular weight is 518 g/mol. The third kappa shape index (κ3) is 5.32. The van der Waals surface area contributed by atoms with E-state index < -0.39 is 9.84 Å². The minimum absolute atomic E-state index is 0.302. The molecule has 1 saturated heterocycles. The van der Waals surface area contributed by atoms with Crippen LogP contribution in [0.25, 0.3) is 33.7 Å². The van der Waals surface area contributed by atoms with Crippen LogP contribution in [0.1, 0.15) is 24.1 Å². The minimum atomic E-state index is -3.24. The van der Waals surface area contributed by atoms with Crippen molar-refractivity contribution in [2.45, 2.75) is 37.2 Å². The van der Waals surface area contributed by atoms with E-state index in [0.29, 0.717) is 10.9 Å². The van der Waals surface area contributed by atoms with Crippen molar-refractivity contribution in [1.82, 2.24) is 24.3 Å². The molecule has 2 aromatic heterocycles. The molecule has 3 heterocycles. The van der Waals surface area contributed by atoms with Crippen molar-refractivity contribution >= 4 is 20.9 Å². The second-order valence-corrected chi connectivity index (χ2v) is 12.4. The van der Waals surface area contributed by atoms with Gasteiger partial charge in [0.1, 0.15) is 11.3 Å². The number of hydrogen-bond acceptors (Lipinski definition) is 6. The first-order chi connectivity index (χ1) is 17.6. The van der Waals surface area contributed by atoms with Crippen LogP contribution < -0.4 is 0 Å². The summed E-state index contributed by atoms with van der Waals surface area (Å²) in [4.78, 5) is 14.9. The number of pyridine rings is 1. The highest BCUT2D eigenvalue weighted by molar-refractivity contribution is 7.90.